The van der Waals surface area contributed by atoms with Crippen molar-refractivity contribution in [2.45, 2.75) is 46.6 Å². The first-order chi connectivity index (χ1) is 7.64. The van der Waals surface area contributed by atoms with Crippen molar-refractivity contribution in [3.05, 3.63) is 23.8 Å². The summed E-state index contributed by atoms with van der Waals surface area (Å²) in [5, 5.41) is 0. The normalized spacial score (nSPS) is 25.5. The molecule has 0 bridgehead atoms. The number of nitrogens with zero attached hydrogens (tertiary/aromatic N) is 1. The molecule has 2 atom stereocenters. The van der Waals surface area contributed by atoms with Gasteiger partial charge < -0.3 is 28.5 Å². The van der Waals surface area contributed by atoms with Crippen LogP contribution in [0, 0.1) is 11.3 Å². The summed E-state index contributed by atoms with van der Waals surface area (Å²) in [7, 11) is 6.76. The third kappa shape index (κ3) is 4.69. The van der Waals surface area contributed by atoms with Gasteiger partial charge in [0, 0.05) is 5.92 Å². The van der Waals surface area contributed by atoms with E-state index >= 15 is 0 Å². The van der Waals surface area contributed by atoms with Gasteiger partial charge in [-0.25, -0.2) is 0 Å². The van der Waals surface area contributed by atoms with Crippen molar-refractivity contribution in [2.75, 3.05) is 21.1 Å². The van der Waals surface area contributed by atoms with E-state index in [1.165, 1.54) is 12.8 Å². The highest BCUT2D eigenvalue weighted by atomic mass is 127. The second-order valence-corrected chi connectivity index (χ2v) is 7.19. The Bertz CT molecular complexity index is 320. The maximum absolute atomic E-state index is 2.44. The lowest BCUT2D eigenvalue weighted by Crippen LogP contribution is -3.00. The van der Waals surface area contributed by atoms with E-state index in [-0.39, 0.29) is 24.0 Å². The largest absolute Gasteiger partial charge is 1.00 e. The van der Waals surface area contributed by atoms with Crippen LogP contribution in [0.15, 0.2) is 23.8 Å². The van der Waals surface area contributed by atoms with Crippen LogP contribution in [0.5, 0.6) is 0 Å². The van der Waals surface area contributed by atoms with Crippen LogP contribution in [0.1, 0.15) is 40.5 Å². The van der Waals surface area contributed by atoms with Crippen molar-refractivity contribution >= 4 is 0 Å². The van der Waals surface area contributed by atoms with Gasteiger partial charge in [-0.1, -0.05) is 31.6 Å². The van der Waals surface area contributed by atoms with Crippen molar-refractivity contribution in [1.82, 2.24) is 0 Å². The molecule has 18 heavy (non-hydrogen) atoms. The summed E-state index contributed by atoms with van der Waals surface area (Å²) < 4.78 is 0.992. The fourth-order valence-electron chi connectivity index (χ4n) is 2.51. The molecule has 0 spiro atoms. The van der Waals surface area contributed by atoms with Crippen molar-refractivity contribution in [3.63, 3.8) is 0 Å². The Morgan fingerprint density at radius 1 is 1.33 bits per heavy atom. The lowest BCUT2D eigenvalue weighted by molar-refractivity contribution is -0.887. The monoisotopic (exact) mass is 363 g/mol. The fraction of sp³-hybridized carbons (Fsp3) is 0.750. The number of halogens is 1. The third-order valence-electron chi connectivity index (χ3n) is 4.39. The molecule has 0 radical (unpaired) electrons. The highest BCUT2D eigenvalue weighted by molar-refractivity contribution is 5.19. The lowest BCUT2D eigenvalue weighted by Gasteiger charge is -2.37. The topological polar surface area (TPSA) is 0 Å². The van der Waals surface area contributed by atoms with E-state index in [9.17, 15) is 0 Å². The van der Waals surface area contributed by atoms with Gasteiger partial charge in [-0.3, -0.25) is 0 Å². The smallest absolute Gasteiger partial charge is 0.104 e. The molecule has 0 heterocycles. The SMILES string of the molecule is CC1=CCCC(C)(C)C1/C=C/C(C)[N+](C)(C)C.[I-]. The molecule has 0 saturated heterocycles. The Hall–Kier alpha value is 0.170. The Morgan fingerprint density at radius 3 is 2.33 bits per heavy atom. The van der Waals surface area contributed by atoms with E-state index in [2.05, 4.69) is 67.1 Å². The average molecular weight is 363 g/mol. The van der Waals surface area contributed by atoms with Crippen LogP contribution >= 0.6 is 0 Å². The summed E-state index contributed by atoms with van der Waals surface area (Å²) in [6.07, 6.45) is 9.80. The van der Waals surface area contributed by atoms with Crippen LogP contribution in [0.3, 0.4) is 0 Å². The van der Waals surface area contributed by atoms with Gasteiger partial charge in [0.05, 0.1) is 21.1 Å². The lowest BCUT2D eigenvalue weighted by atomic mass is 9.68. The first-order valence-electron chi connectivity index (χ1n) is 6.81. The second-order valence-electron chi connectivity index (χ2n) is 7.19. The predicted molar refractivity (Wildman–Crippen MR) is 76.9 cm³/mol. The molecule has 1 aliphatic rings. The van der Waals surface area contributed by atoms with Crippen LogP contribution < -0.4 is 24.0 Å². The average Bonchev–Trinajstić information content (AvgIpc) is 2.14. The fourth-order valence-corrected chi connectivity index (χ4v) is 2.51. The van der Waals surface area contributed by atoms with E-state index in [1.54, 1.807) is 5.57 Å². The minimum absolute atomic E-state index is 0. The number of quaternary nitrogens is 1. The summed E-state index contributed by atoms with van der Waals surface area (Å²) in [5.41, 5.74) is 1.96. The van der Waals surface area contributed by atoms with Crippen LogP contribution in [-0.4, -0.2) is 31.7 Å². The van der Waals surface area contributed by atoms with Gasteiger partial charge in [-0.2, -0.15) is 0 Å². The molecule has 2 unspecified atom stereocenters. The summed E-state index contributed by atoms with van der Waals surface area (Å²) in [6.45, 7) is 9.38. The van der Waals surface area contributed by atoms with E-state index in [0.29, 0.717) is 17.4 Å². The highest BCUT2D eigenvalue weighted by Crippen LogP contribution is 2.41. The molecule has 0 aromatic carbocycles. The maximum atomic E-state index is 2.44. The summed E-state index contributed by atoms with van der Waals surface area (Å²) in [4.78, 5) is 0. The number of hydrogen-bond donors (Lipinski definition) is 0. The Morgan fingerprint density at radius 2 is 1.89 bits per heavy atom. The van der Waals surface area contributed by atoms with E-state index in [4.69, 9.17) is 0 Å². The standard InChI is InChI=1S/C16H30N.HI/c1-13-9-8-12-16(3,4)15(13)11-10-14(2)17(5,6)7;/h9-11,14-15H,8,12H2,1-7H3;1H/q+1;/p-1/b11-10+;. The zero-order valence-electron chi connectivity index (χ0n) is 13.1. The molecule has 106 valence electrons. The number of likely N-dealkylation sites (N-methyl/N-ethyl adjacent to an activating group) is 1. The first kappa shape index (κ1) is 18.2. The van der Waals surface area contributed by atoms with Crippen molar-refractivity contribution in [2.24, 2.45) is 11.3 Å². The molecule has 0 aliphatic heterocycles. The second kappa shape index (κ2) is 6.56. The van der Waals surface area contributed by atoms with Gasteiger partial charge in [-0.05, 0) is 38.2 Å². The Labute approximate surface area is 131 Å². The minimum atomic E-state index is 0. The molecule has 0 amide bonds. The Kier molecular flexibility index (Phi) is 6.62. The molecule has 0 N–H and O–H groups in total. The molecule has 2 heteroatoms. The molecule has 0 fully saturated rings. The van der Waals surface area contributed by atoms with Gasteiger partial charge in [0.2, 0.25) is 0 Å². The van der Waals surface area contributed by atoms with E-state index < -0.39 is 0 Å². The molecule has 1 rings (SSSR count). The molecular weight excluding hydrogens is 333 g/mol. The maximum Gasteiger partial charge on any atom is 0.104 e. The first-order valence-corrected chi connectivity index (χ1v) is 6.81. The predicted octanol–water partition coefficient (Wildman–Crippen LogP) is 1.02. The quantitative estimate of drug-likeness (QED) is 0.399. The zero-order valence-corrected chi connectivity index (χ0v) is 15.3. The molecule has 1 aliphatic carbocycles. The van der Waals surface area contributed by atoms with Crippen LogP contribution in [0.25, 0.3) is 0 Å². The molecular formula is C16H30IN. The van der Waals surface area contributed by atoms with E-state index in [0.717, 1.165) is 4.48 Å². The van der Waals surface area contributed by atoms with Crippen LogP contribution in [-0.2, 0) is 0 Å². The highest BCUT2D eigenvalue weighted by Gasteiger charge is 2.31. The van der Waals surface area contributed by atoms with Crippen molar-refractivity contribution in [3.8, 4) is 0 Å². The summed E-state index contributed by atoms with van der Waals surface area (Å²) >= 11 is 0. The van der Waals surface area contributed by atoms with Crippen LogP contribution in [0.4, 0.5) is 0 Å². The van der Waals surface area contributed by atoms with Gasteiger partial charge >= 0.3 is 0 Å². The molecule has 1 nitrogen and oxygen atoms in total. The molecule has 0 aromatic rings. The summed E-state index contributed by atoms with van der Waals surface area (Å²) in [6, 6.07) is 0.570. The van der Waals surface area contributed by atoms with Crippen molar-refractivity contribution < 1.29 is 28.5 Å². The van der Waals surface area contributed by atoms with Gasteiger partial charge in [-0.15, -0.1) is 0 Å². The minimum Gasteiger partial charge on any atom is -1.00 e. The molecule has 0 saturated carbocycles. The van der Waals surface area contributed by atoms with Gasteiger partial charge in [0.25, 0.3) is 0 Å². The summed E-state index contributed by atoms with van der Waals surface area (Å²) in [5.74, 6) is 0.616. The number of rotatable bonds is 3. The number of allylic oxidation sites excluding steroid dienone is 3. The van der Waals surface area contributed by atoms with Crippen molar-refractivity contribution in [1.29, 1.82) is 0 Å². The van der Waals surface area contributed by atoms with Gasteiger partial charge in [0.15, 0.2) is 0 Å². The van der Waals surface area contributed by atoms with Crippen LogP contribution in [0.2, 0.25) is 0 Å². The zero-order chi connectivity index (χ0) is 13.3. The third-order valence-corrected chi connectivity index (χ3v) is 4.39. The van der Waals surface area contributed by atoms with Gasteiger partial charge in [0.1, 0.15) is 6.04 Å². The number of hydrogen-bond acceptors (Lipinski definition) is 0. The Balaban J connectivity index is 0.00000289. The van der Waals surface area contributed by atoms with E-state index in [1.807, 2.05) is 0 Å². The molecule has 0 aromatic heterocycles.